The summed E-state index contributed by atoms with van der Waals surface area (Å²) in [5, 5.41) is 13.0. The van der Waals surface area contributed by atoms with Crippen molar-refractivity contribution in [2.45, 2.75) is 136 Å². The molecule has 37 heavy (non-hydrogen) atoms. The second-order valence-corrected chi connectivity index (χ2v) is 13.7. The first-order chi connectivity index (χ1) is 17.5. The quantitative estimate of drug-likeness (QED) is 0.329. The Labute approximate surface area is 225 Å². The molecule has 4 rings (SSSR count). The molecule has 5 heteroatoms. The van der Waals surface area contributed by atoms with Gasteiger partial charge in [0.2, 0.25) is 0 Å². The van der Waals surface area contributed by atoms with Crippen molar-refractivity contribution < 1.29 is 24.2 Å². The zero-order chi connectivity index (χ0) is 26.8. The zero-order valence-corrected chi connectivity index (χ0v) is 24.2. The standard InChI is InChI=1S/C32H52O5/c1-22(2)11-9-16-31-17-10-15-30(5,26-12-7-6-8-13-26)29(31)27(37-24(4)33)19-23(3)32(31,35)18-14-25-20-28(34)36-21-25/h20,22-23,26-27,29,35H,6-19,21H2,1-5H3. The van der Waals surface area contributed by atoms with Crippen LogP contribution in [0.1, 0.15) is 125 Å². The van der Waals surface area contributed by atoms with Gasteiger partial charge in [-0.1, -0.05) is 66.2 Å². The summed E-state index contributed by atoms with van der Waals surface area (Å²) in [6, 6.07) is 0. The lowest BCUT2D eigenvalue weighted by molar-refractivity contribution is -0.270. The van der Waals surface area contributed by atoms with Crippen LogP contribution in [0.4, 0.5) is 0 Å². The molecule has 0 amide bonds. The average Bonchev–Trinajstić information content (AvgIpc) is 3.26. The van der Waals surface area contributed by atoms with E-state index in [2.05, 4.69) is 27.7 Å². The molecule has 4 aliphatic rings. The minimum Gasteiger partial charge on any atom is -0.462 e. The maximum Gasteiger partial charge on any atom is 0.331 e. The van der Waals surface area contributed by atoms with Crippen molar-refractivity contribution in [2.24, 2.45) is 34.5 Å². The predicted molar refractivity (Wildman–Crippen MR) is 146 cm³/mol. The van der Waals surface area contributed by atoms with Crippen LogP contribution in [0, 0.1) is 34.5 Å². The molecule has 0 aromatic carbocycles. The number of aliphatic hydroxyl groups is 1. The summed E-state index contributed by atoms with van der Waals surface area (Å²) in [4.78, 5) is 24.2. The van der Waals surface area contributed by atoms with E-state index in [1.54, 1.807) is 13.0 Å². The number of rotatable bonds is 9. The topological polar surface area (TPSA) is 72.8 Å². The Balaban J connectivity index is 1.78. The lowest BCUT2D eigenvalue weighted by Gasteiger charge is -2.68. The number of esters is 2. The molecular weight excluding hydrogens is 464 g/mol. The highest BCUT2D eigenvalue weighted by Gasteiger charge is 2.68. The van der Waals surface area contributed by atoms with Crippen LogP contribution in [-0.2, 0) is 19.1 Å². The average molecular weight is 517 g/mol. The Kier molecular flexibility index (Phi) is 8.83. The van der Waals surface area contributed by atoms with Gasteiger partial charge in [-0.3, -0.25) is 4.79 Å². The van der Waals surface area contributed by atoms with Gasteiger partial charge >= 0.3 is 11.9 Å². The number of fused-ring (bicyclic) bond motifs is 1. The third kappa shape index (κ3) is 5.54. The van der Waals surface area contributed by atoms with E-state index in [1.807, 2.05) is 0 Å². The lowest BCUT2D eigenvalue weighted by Crippen LogP contribution is -2.69. The van der Waals surface area contributed by atoms with Gasteiger partial charge < -0.3 is 14.6 Å². The maximum absolute atomic E-state index is 13.0. The number of ether oxygens (including phenoxy) is 2. The molecule has 1 N–H and O–H groups in total. The molecule has 0 bridgehead atoms. The Morgan fingerprint density at radius 2 is 1.89 bits per heavy atom. The molecule has 1 aliphatic heterocycles. The zero-order valence-electron chi connectivity index (χ0n) is 24.2. The van der Waals surface area contributed by atoms with Crippen molar-refractivity contribution in [3.63, 3.8) is 0 Å². The molecule has 1 heterocycles. The third-order valence-corrected chi connectivity index (χ3v) is 11.1. The number of hydrogen-bond acceptors (Lipinski definition) is 5. The molecular formula is C32H52O5. The van der Waals surface area contributed by atoms with E-state index in [0.717, 1.165) is 44.1 Å². The van der Waals surface area contributed by atoms with Crippen molar-refractivity contribution >= 4 is 11.9 Å². The van der Waals surface area contributed by atoms with E-state index in [0.29, 0.717) is 37.7 Å². The normalized spacial score (nSPS) is 38.7. The molecule has 0 spiro atoms. The number of hydrogen-bond donors (Lipinski definition) is 1. The Morgan fingerprint density at radius 3 is 2.51 bits per heavy atom. The van der Waals surface area contributed by atoms with Crippen LogP contribution < -0.4 is 0 Å². The van der Waals surface area contributed by atoms with Crippen molar-refractivity contribution in [1.82, 2.24) is 0 Å². The molecule has 0 aromatic rings. The van der Waals surface area contributed by atoms with Crippen LogP contribution >= 0.6 is 0 Å². The number of cyclic esters (lactones) is 1. The molecule has 3 fully saturated rings. The van der Waals surface area contributed by atoms with Crippen LogP contribution in [0.15, 0.2) is 11.6 Å². The first kappa shape index (κ1) is 28.6. The fourth-order valence-corrected chi connectivity index (χ4v) is 9.44. The van der Waals surface area contributed by atoms with Crippen molar-refractivity contribution in [1.29, 1.82) is 0 Å². The molecule has 3 aliphatic carbocycles. The summed E-state index contributed by atoms with van der Waals surface area (Å²) < 4.78 is 11.4. The highest BCUT2D eigenvalue weighted by molar-refractivity contribution is 5.85. The first-order valence-electron chi connectivity index (χ1n) is 15.3. The van der Waals surface area contributed by atoms with Gasteiger partial charge in [-0.25, -0.2) is 4.79 Å². The molecule has 5 nitrogen and oxygen atoms in total. The molecule has 6 atom stereocenters. The second kappa shape index (κ2) is 11.4. The smallest absolute Gasteiger partial charge is 0.331 e. The summed E-state index contributed by atoms with van der Waals surface area (Å²) >= 11 is 0. The molecule has 6 unspecified atom stereocenters. The summed E-state index contributed by atoms with van der Waals surface area (Å²) in [5.74, 6) is 0.954. The highest BCUT2D eigenvalue weighted by atomic mass is 16.5. The van der Waals surface area contributed by atoms with Gasteiger partial charge in [0.1, 0.15) is 12.7 Å². The fraction of sp³-hybridized carbons (Fsp3) is 0.875. The van der Waals surface area contributed by atoms with Gasteiger partial charge in [-0.05, 0) is 80.1 Å². The molecule has 0 radical (unpaired) electrons. The van der Waals surface area contributed by atoms with Gasteiger partial charge in [-0.15, -0.1) is 0 Å². The van der Waals surface area contributed by atoms with Crippen molar-refractivity contribution in [3.8, 4) is 0 Å². The van der Waals surface area contributed by atoms with Crippen LogP contribution in [-0.4, -0.2) is 35.4 Å². The first-order valence-corrected chi connectivity index (χ1v) is 15.3. The maximum atomic E-state index is 13.0. The van der Waals surface area contributed by atoms with Crippen LogP contribution in [0.2, 0.25) is 0 Å². The second-order valence-electron chi connectivity index (χ2n) is 13.7. The number of carbonyl (C=O) groups excluding carboxylic acids is 2. The third-order valence-electron chi connectivity index (χ3n) is 11.1. The van der Waals surface area contributed by atoms with E-state index in [9.17, 15) is 14.7 Å². The van der Waals surface area contributed by atoms with E-state index >= 15 is 0 Å². The van der Waals surface area contributed by atoms with Gasteiger partial charge in [0.25, 0.3) is 0 Å². The Hall–Kier alpha value is -1.36. The van der Waals surface area contributed by atoms with Gasteiger partial charge in [0.15, 0.2) is 0 Å². The largest absolute Gasteiger partial charge is 0.462 e. The van der Waals surface area contributed by atoms with Crippen molar-refractivity contribution in [3.05, 3.63) is 11.6 Å². The van der Waals surface area contributed by atoms with Crippen molar-refractivity contribution in [2.75, 3.05) is 6.61 Å². The van der Waals surface area contributed by atoms with Gasteiger partial charge in [0.05, 0.1) is 5.60 Å². The van der Waals surface area contributed by atoms with E-state index in [-0.39, 0.29) is 40.7 Å². The SMILES string of the molecule is CC(=O)OC1CC(C)C(O)(CCC2=CC(=O)OC2)C2(CCCC(C)C)CCCC(C)(C3CCCCC3)C12. The summed E-state index contributed by atoms with van der Waals surface area (Å²) in [6.07, 6.45) is 16.4. The van der Waals surface area contributed by atoms with Crippen LogP contribution in [0.3, 0.4) is 0 Å². The molecule has 3 saturated carbocycles. The van der Waals surface area contributed by atoms with Gasteiger partial charge in [0, 0.05) is 24.3 Å². The number of carbonyl (C=O) groups is 2. The van der Waals surface area contributed by atoms with E-state index in [4.69, 9.17) is 9.47 Å². The minimum atomic E-state index is -0.867. The summed E-state index contributed by atoms with van der Waals surface area (Å²) in [6.45, 7) is 11.1. The monoisotopic (exact) mass is 516 g/mol. The Bertz CT molecular complexity index is 857. The lowest BCUT2D eigenvalue weighted by atomic mass is 9.39. The minimum absolute atomic E-state index is 0.0134. The van der Waals surface area contributed by atoms with Crippen LogP contribution in [0.25, 0.3) is 0 Å². The fourth-order valence-electron chi connectivity index (χ4n) is 9.44. The summed E-state index contributed by atoms with van der Waals surface area (Å²) in [7, 11) is 0. The Morgan fingerprint density at radius 1 is 1.16 bits per heavy atom. The van der Waals surface area contributed by atoms with Gasteiger partial charge in [-0.2, -0.15) is 0 Å². The highest BCUT2D eigenvalue weighted by Crippen LogP contribution is 2.69. The van der Waals surface area contributed by atoms with E-state index in [1.165, 1.54) is 32.1 Å². The molecule has 210 valence electrons. The predicted octanol–water partition coefficient (Wildman–Crippen LogP) is 7.15. The molecule has 0 saturated heterocycles. The van der Waals surface area contributed by atoms with E-state index < -0.39 is 5.60 Å². The summed E-state index contributed by atoms with van der Waals surface area (Å²) in [5.41, 5.74) is -0.119. The van der Waals surface area contributed by atoms with Crippen LogP contribution in [0.5, 0.6) is 0 Å². The molecule has 0 aromatic heterocycles.